The number of benzene rings is 1. The van der Waals surface area contributed by atoms with E-state index in [4.69, 9.17) is 17.3 Å². The maximum Gasteiger partial charge on any atom is 0.161 e. The normalized spacial score (nSPS) is 11.1. The van der Waals surface area contributed by atoms with Crippen molar-refractivity contribution in [1.29, 1.82) is 0 Å². The average molecular weight is 273 g/mol. The van der Waals surface area contributed by atoms with Crippen LogP contribution in [0, 0.1) is 0 Å². The van der Waals surface area contributed by atoms with Crippen LogP contribution in [0.3, 0.4) is 0 Å². The molecular formula is C14H13ClN4. The van der Waals surface area contributed by atoms with Gasteiger partial charge in [-0.3, -0.25) is 4.40 Å². The van der Waals surface area contributed by atoms with Gasteiger partial charge in [0, 0.05) is 23.7 Å². The summed E-state index contributed by atoms with van der Waals surface area (Å²) >= 11 is 5.89. The average Bonchev–Trinajstić information content (AvgIpc) is 2.85. The van der Waals surface area contributed by atoms with Crippen molar-refractivity contribution in [2.75, 3.05) is 0 Å². The number of nitrogens with zero attached hydrogens (tertiary/aromatic N) is 3. The highest BCUT2D eigenvalue weighted by molar-refractivity contribution is 6.30. The molecule has 19 heavy (non-hydrogen) atoms. The van der Waals surface area contributed by atoms with Crippen LogP contribution in [-0.4, -0.2) is 14.6 Å². The molecule has 2 aromatic heterocycles. The summed E-state index contributed by atoms with van der Waals surface area (Å²) in [7, 11) is 0. The van der Waals surface area contributed by atoms with Crippen LogP contribution in [-0.2, 0) is 13.0 Å². The van der Waals surface area contributed by atoms with Crippen molar-refractivity contribution in [2.45, 2.75) is 13.0 Å². The number of rotatable bonds is 3. The van der Waals surface area contributed by atoms with Gasteiger partial charge in [0.25, 0.3) is 0 Å². The summed E-state index contributed by atoms with van der Waals surface area (Å²) < 4.78 is 2.01. The Labute approximate surface area is 115 Å². The highest BCUT2D eigenvalue weighted by atomic mass is 35.5. The Hall–Kier alpha value is -1.91. The number of pyridine rings is 1. The fraction of sp³-hybridized carbons (Fsp3) is 0.143. The number of hydrogen-bond acceptors (Lipinski definition) is 3. The van der Waals surface area contributed by atoms with Gasteiger partial charge in [0.1, 0.15) is 5.82 Å². The van der Waals surface area contributed by atoms with Gasteiger partial charge in [-0.1, -0.05) is 29.8 Å². The highest BCUT2D eigenvalue weighted by Gasteiger charge is 2.09. The smallest absolute Gasteiger partial charge is 0.161 e. The molecule has 3 aromatic rings. The Morgan fingerprint density at radius 1 is 1.05 bits per heavy atom. The van der Waals surface area contributed by atoms with E-state index >= 15 is 0 Å². The van der Waals surface area contributed by atoms with Crippen molar-refractivity contribution in [2.24, 2.45) is 5.73 Å². The highest BCUT2D eigenvalue weighted by Crippen LogP contribution is 2.15. The van der Waals surface area contributed by atoms with Crippen molar-refractivity contribution in [1.82, 2.24) is 14.6 Å². The lowest BCUT2D eigenvalue weighted by Crippen LogP contribution is -2.06. The van der Waals surface area contributed by atoms with E-state index in [2.05, 4.69) is 10.2 Å². The molecule has 0 saturated heterocycles. The van der Waals surface area contributed by atoms with E-state index in [9.17, 15) is 0 Å². The van der Waals surface area contributed by atoms with E-state index in [1.165, 1.54) is 0 Å². The summed E-state index contributed by atoms with van der Waals surface area (Å²) in [5.41, 5.74) is 8.74. The predicted molar refractivity (Wildman–Crippen MR) is 75.1 cm³/mol. The van der Waals surface area contributed by atoms with Gasteiger partial charge >= 0.3 is 0 Å². The topological polar surface area (TPSA) is 56.2 Å². The van der Waals surface area contributed by atoms with Crippen LogP contribution in [0.25, 0.3) is 5.65 Å². The second kappa shape index (κ2) is 4.99. The third kappa shape index (κ3) is 2.32. The minimum atomic E-state index is 0.461. The van der Waals surface area contributed by atoms with Crippen LogP contribution in [0.1, 0.15) is 17.1 Å². The van der Waals surface area contributed by atoms with E-state index in [-0.39, 0.29) is 0 Å². The summed E-state index contributed by atoms with van der Waals surface area (Å²) in [6.45, 7) is 0.461. The number of halogens is 1. The minimum Gasteiger partial charge on any atom is -0.325 e. The standard InChI is InChI=1S/C14H13ClN4/c15-11-6-4-10(5-7-11)8-14-18-17-13-3-1-2-12(9-16)19(13)14/h1-7H,8-9,16H2. The maximum atomic E-state index is 5.89. The van der Waals surface area contributed by atoms with E-state index < -0.39 is 0 Å². The predicted octanol–water partition coefficient (Wildman–Crippen LogP) is 2.43. The Morgan fingerprint density at radius 3 is 2.58 bits per heavy atom. The largest absolute Gasteiger partial charge is 0.325 e. The van der Waals surface area contributed by atoms with Gasteiger partial charge in [-0.2, -0.15) is 0 Å². The summed E-state index contributed by atoms with van der Waals surface area (Å²) in [6, 6.07) is 13.6. The molecule has 0 aliphatic carbocycles. The zero-order chi connectivity index (χ0) is 13.2. The first-order chi connectivity index (χ1) is 9.28. The summed E-state index contributed by atoms with van der Waals surface area (Å²) in [4.78, 5) is 0. The third-order valence-corrected chi connectivity index (χ3v) is 3.31. The molecule has 96 valence electrons. The van der Waals surface area contributed by atoms with Crippen molar-refractivity contribution < 1.29 is 0 Å². The molecule has 0 atom stereocenters. The first-order valence-electron chi connectivity index (χ1n) is 6.04. The molecule has 1 aromatic carbocycles. The zero-order valence-electron chi connectivity index (χ0n) is 10.3. The minimum absolute atomic E-state index is 0.461. The van der Waals surface area contributed by atoms with E-state index in [1.807, 2.05) is 46.9 Å². The van der Waals surface area contributed by atoms with Crippen molar-refractivity contribution in [3.05, 3.63) is 64.6 Å². The van der Waals surface area contributed by atoms with Crippen LogP contribution in [0.2, 0.25) is 5.02 Å². The van der Waals surface area contributed by atoms with Gasteiger partial charge in [-0.25, -0.2) is 0 Å². The molecular weight excluding hydrogens is 260 g/mol. The molecule has 5 heteroatoms. The first kappa shape index (κ1) is 12.1. The lowest BCUT2D eigenvalue weighted by Gasteiger charge is -2.05. The number of nitrogens with two attached hydrogens (primary N) is 1. The van der Waals surface area contributed by atoms with E-state index in [1.54, 1.807) is 0 Å². The Bertz CT molecular complexity index is 703. The molecule has 0 saturated carbocycles. The molecule has 0 aliphatic rings. The van der Waals surface area contributed by atoms with Crippen molar-refractivity contribution in [3.8, 4) is 0 Å². The molecule has 0 bridgehead atoms. The second-order valence-corrected chi connectivity index (χ2v) is 4.77. The van der Waals surface area contributed by atoms with Gasteiger partial charge in [-0.05, 0) is 29.8 Å². The molecule has 2 N–H and O–H groups in total. The Morgan fingerprint density at radius 2 is 1.84 bits per heavy atom. The Balaban J connectivity index is 2.03. The van der Waals surface area contributed by atoms with Gasteiger partial charge in [0.2, 0.25) is 0 Å². The van der Waals surface area contributed by atoms with E-state index in [0.717, 1.165) is 27.8 Å². The second-order valence-electron chi connectivity index (χ2n) is 4.33. The number of fused-ring (bicyclic) bond motifs is 1. The van der Waals surface area contributed by atoms with Crippen molar-refractivity contribution in [3.63, 3.8) is 0 Å². The molecule has 0 aliphatic heterocycles. The summed E-state index contributed by atoms with van der Waals surface area (Å²) in [6.07, 6.45) is 0.704. The SMILES string of the molecule is NCc1cccc2nnc(Cc3ccc(Cl)cc3)n12. The summed E-state index contributed by atoms with van der Waals surface area (Å²) in [5.74, 6) is 0.887. The van der Waals surface area contributed by atoms with Crippen LogP contribution in [0.5, 0.6) is 0 Å². The van der Waals surface area contributed by atoms with Gasteiger partial charge in [0.05, 0.1) is 0 Å². The van der Waals surface area contributed by atoms with E-state index in [0.29, 0.717) is 13.0 Å². The summed E-state index contributed by atoms with van der Waals surface area (Å²) in [5, 5.41) is 9.15. The molecule has 0 spiro atoms. The van der Waals surface area contributed by atoms with Gasteiger partial charge < -0.3 is 5.73 Å². The molecule has 3 rings (SSSR count). The van der Waals surface area contributed by atoms with Crippen LogP contribution in [0.15, 0.2) is 42.5 Å². The van der Waals surface area contributed by atoms with Gasteiger partial charge in [-0.15, -0.1) is 10.2 Å². The lowest BCUT2D eigenvalue weighted by atomic mass is 10.1. The maximum absolute atomic E-state index is 5.89. The monoisotopic (exact) mass is 272 g/mol. The molecule has 2 heterocycles. The lowest BCUT2D eigenvalue weighted by molar-refractivity contribution is 0.871. The fourth-order valence-corrected chi connectivity index (χ4v) is 2.26. The number of aromatic nitrogens is 3. The van der Waals surface area contributed by atoms with Crippen LogP contribution >= 0.6 is 11.6 Å². The first-order valence-corrected chi connectivity index (χ1v) is 6.42. The quantitative estimate of drug-likeness (QED) is 0.797. The van der Waals surface area contributed by atoms with Crippen LogP contribution in [0.4, 0.5) is 0 Å². The molecule has 0 amide bonds. The van der Waals surface area contributed by atoms with Crippen molar-refractivity contribution >= 4 is 17.2 Å². The Kier molecular flexibility index (Phi) is 3.19. The van der Waals surface area contributed by atoms with Gasteiger partial charge in [0.15, 0.2) is 5.65 Å². The fourth-order valence-electron chi connectivity index (χ4n) is 2.13. The zero-order valence-corrected chi connectivity index (χ0v) is 11.0. The molecule has 0 fully saturated rings. The molecule has 0 unspecified atom stereocenters. The third-order valence-electron chi connectivity index (χ3n) is 3.06. The molecule has 4 nitrogen and oxygen atoms in total. The molecule has 0 radical (unpaired) electrons. The van der Waals surface area contributed by atoms with Crippen LogP contribution < -0.4 is 5.73 Å². The number of hydrogen-bond donors (Lipinski definition) is 1.